The zero-order valence-corrected chi connectivity index (χ0v) is 18.9. The van der Waals surface area contributed by atoms with Gasteiger partial charge < -0.3 is 14.4 Å². The molecule has 2 aromatic rings. The molecule has 1 spiro atoms. The van der Waals surface area contributed by atoms with Crippen molar-refractivity contribution >= 4 is 0 Å². The summed E-state index contributed by atoms with van der Waals surface area (Å²) in [5.74, 6) is -0.497. The van der Waals surface area contributed by atoms with Crippen molar-refractivity contribution in [3.05, 3.63) is 65.5 Å². The van der Waals surface area contributed by atoms with Crippen LogP contribution in [0.3, 0.4) is 0 Å². The number of alkyl halides is 3. The molecule has 4 nitrogen and oxygen atoms in total. The van der Waals surface area contributed by atoms with Crippen LogP contribution in [0.1, 0.15) is 37.8 Å². The van der Waals surface area contributed by atoms with Crippen molar-refractivity contribution in [1.29, 1.82) is 0 Å². The smallest absolute Gasteiger partial charge is 0.406 e. The Morgan fingerprint density at radius 1 is 1.00 bits per heavy atom. The van der Waals surface area contributed by atoms with Gasteiger partial charge in [-0.25, -0.2) is 4.39 Å². The lowest BCUT2D eigenvalue weighted by atomic mass is 9.80. The van der Waals surface area contributed by atoms with Gasteiger partial charge >= 0.3 is 6.36 Å². The van der Waals surface area contributed by atoms with Gasteiger partial charge in [-0.15, -0.1) is 13.2 Å². The molecule has 33 heavy (non-hydrogen) atoms. The second-order valence-electron chi connectivity index (χ2n) is 9.25. The Labute approximate surface area is 192 Å². The number of benzene rings is 2. The second-order valence-corrected chi connectivity index (χ2v) is 9.25. The molecule has 4 rings (SSSR count). The van der Waals surface area contributed by atoms with Crippen LogP contribution in [-0.4, -0.2) is 53.7 Å². The highest BCUT2D eigenvalue weighted by atomic mass is 19.4. The third-order valence-corrected chi connectivity index (χ3v) is 6.83. The minimum absolute atomic E-state index is 0.0865. The Kier molecular flexibility index (Phi) is 6.98. The predicted molar refractivity (Wildman–Crippen MR) is 117 cm³/mol. The van der Waals surface area contributed by atoms with Gasteiger partial charge in [0.2, 0.25) is 0 Å². The summed E-state index contributed by atoms with van der Waals surface area (Å²) in [7, 11) is 0. The van der Waals surface area contributed by atoms with Crippen LogP contribution in [0.4, 0.5) is 17.6 Å². The fraction of sp³-hybridized carbons (Fsp3) is 0.520. The van der Waals surface area contributed by atoms with E-state index in [0.29, 0.717) is 19.3 Å². The molecule has 0 aliphatic carbocycles. The first-order chi connectivity index (χ1) is 15.6. The molecule has 0 saturated carbocycles. The van der Waals surface area contributed by atoms with E-state index in [1.54, 1.807) is 12.1 Å². The zero-order valence-electron chi connectivity index (χ0n) is 18.9. The highest BCUT2D eigenvalue weighted by molar-refractivity contribution is 5.28. The Hall–Kier alpha value is -2.16. The summed E-state index contributed by atoms with van der Waals surface area (Å²) in [6, 6.07) is 13.1. The number of likely N-dealkylation sites (tertiary alicyclic amines) is 1. The number of halogens is 4. The molecular weight excluding hydrogens is 436 g/mol. The van der Waals surface area contributed by atoms with Crippen molar-refractivity contribution in [2.45, 2.75) is 63.7 Å². The van der Waals surface area contributed by atoms with Gasteiger partial charge in [0.1, 0.15) is 18.3 Å². The summed E-state index contributed by atoms with van der Waals surface area (Å²) in [6.45, 7) is 7.30. The monoisotopic (exact) mass is 466 g/mol. The summed E-state index contributed by atoms with van der Waals surface area (Å²) >= 11 is 0. The molecule has 2 saturated heterocycles. The number of ether oxygens (including phenoxy) is 2. The van der Waals surface area contributed by atoms with Crippen molar-refractivity contribution in [3.63, 3.8) is 0 Å². The number of piperidine rings is 1. The molecule has 2 fully saturated rings. The predicted octanol–water partition coefficient (Wildman–Crippen LogP) is 5.37. The van der Waals surface area contributed by atoms with Gasteiger partial charge in [-0.1, -0.05) is 24.3 Å². The first-order valence-corrected chi connectivity index (χ1v) is 11.3. The van der Waals surface area contributed by atoms with E-state index in [2.05, 4.69) is 28.4 Å². The largest absolute Gasteiger partial charge is 0.573 e. The SMILES string of the molecule is CC(C)N1CCC2(CC1)OCN(Cc1ccc(OC(F)(F)F)cc1)C2Cc1ccc(F)cc1. The molecule has 0 aromatic heterocycles. The summed E-state index contributed by atoms with van der Waals surface area (Å²) in [4.78, 5) is 4.69. The van der Waals surface area contributed by atoms with E-state index in [0.717, 1.165) is 43.5 Å². The first-order valence-electron chi connectivity index (χ1n) is 11.3. The normalized spacial score (nSPS) is 21.7. The summed E-state index contributed by atoms with van der Waals surface area (Å²) in [5, 5.41) is 0. The summed E-state index contributed by atoms with van der Waals surface area (Å²) in [6.07, 6.45) is -2.17. The van der Waals surface area contributed by atoms with Crippen LogP contribution in [-0.2, 0) is 17.7 Å². The maximum absolute atomic E-state index is 13.4. The molecule has 2 aromatic carbocycles. The second kappa shape index (κ2) is 9.60. The lowest BCUT2D eigenvalue weighted by molar-refractivity contribution is -0.274. The molecule has 0 bridgehead atoms. The molecule has 1 unspecified atom stereocenters. The average Bonchev–Trinajstić information content (AvgIpc) is 3.07. The highest BCUT2D eigenvalue weighted by Gasteiger charge is 2.50. The van der Waals surface area contributed by atoms with E-state index in [1.165, 1.54) is 24.3 Å². The third-order valence-electron chi connectivity index (χ3n) is 6.83. The van der Waals surface area contributed by atoms with Crippen molar-refractivity contribution in [1.82, 2.24) is 9.80 Å². The van der Waals surface area contributed by atoms with Gasteiger partial charge in [0, 0.05) is 31.7 Å². The van der Waals surface area contributed by atoms with Crippen molar-refractivity contribution in [2.24, 2.45) is 0 Å². The van der Waals surface area contributed by atoms with Crippen molar-refractivity contribution < 1.29 is 27.0 Å². The molecule has 1 atom stereocenters. The van der Waals surface area contributed by atoms with Crippen LogP contribution in [0.2, 0.25) is 0 Å². The number of hydrogen-bond acceptors (Lipinski definition) is 4. The lowest BCUT2D eigenvalue weighted by Gasteiger charge is -2.44. The topological polar surface area (TPSA) is 24.9 Å². The van der Waals surface area contributed by atoms with Crippen LogP contribution in [0, 0.1) is 5.82 Å². The van der Waals surface area contributed by atoms with E-state index < -0.39 is 6.36 Å². The van der Waals surface area contributed by atoms with Gasteiger partial charge in [0.15, 0.2) is 0 Å². The summed E-state index contributed by atoms with van der Waals surface area (Å²) < 4.78 is 61.2. The zero-order chi connectivity index (χ0) is 23.6. The number of hydrogen-bond donors (Lipinski definition) is 0. The van der Waals surface area contributed by atoms with Gasteiger partial charge in [-0.05, 0) is 68.5 Å². The van der Waals surface area contributed by atoms with E-state index in [1.807, 2.05) is 12.1 Å². The molecule has 0 radical (unpaired) electrons. The maximum Gasteiger partial charge on any atom is 0.573 e. The van der Waals surface area contributed by atoms with E-state index in [-0.39, 0.29) is 23.2 Å². The van der Waals surface area contributed by atoms with Crippen molar-refractivity contribution in [3.8, 4) is 5.75 Å². The third kappa shape index (κ3) is 5.86. The fourth-order valence-corrected chi connectivity index (χ4v) is 4.97. The molecule has 2 aliphatic rings. The quantitative estimate of drug-likeness (QED) is 0.535. The number of nitrogens with zero attached hydrogens (tertiary/aromatic N) is 2. The van der Waals surface area contributed by atoms with Gasteiger partial charge in [-0.2, -0.15) is 0 Å². The van der Waals surface area contributed by atoms with Crippen LogP contribution in [0.25, 0.3) is 0 Å². The van der Waals surface area contributed by atoms with E-state index in [4.69, 9.17) is 4.74 Å². The molecular formula is C25H30F4N2O2. The van der Waals surface area contributed by atoms with Crippen molar-refractivity contribution in [2.75, 3.05) is 19.8 Å². The first kappa shape index (κ1) is 24.0. The molecule has 0 N–H and O–H groups in total. The molecule has 180 valence electrons. The van der Waals surface area contributed by atoms with E-state index >= 15 is 0 Å². The van der Waals surface area contributed by atoms with E-state index in [9.17, 15) is 17.6 Å². The number of rotatable bonds is 6. The lowest BCUT2D eigenvalue weighted by Crippen LogP contribution is -2.54. The minimum Gasteiger partial charge on any atom is -0.406 e. The fourth-order valence-electron chi connectivity index (χ4n) is 4.97. The van der Waals surface area contributed by atoms with Gasteiger partial charge in [0.05, 0.1) is 5.60 Å². The Morgan fingerprint density at radius 2 is 1.61 bits per heavy atom. The Balaban J connectivity index is 1.51. The van der Waals surface area contributed by atoms with Gasteiger partial charge in [0.25, 0.3) is 0 Å². The molecule has 2 aliphatic heterocycles. The summed E-state index contributed by atoms with van der Waals surface area (Å²) in [5.41, 5.74) is 1.63. The molecule has 2 heterocycles. The highest BCUT2D eigenvalue weighted by Crippen LogP contribution is 2.40. The minimum atomic E-state index is -4.71. The molecule has 0 amide bonds. The maximum atomic E-state index is 13.4. The average molecular weight is 467 g/mol. The standard InChI is InChI=1S/C25H30F4N2O2/c1-18(2)30-13-11-24(12-14-30)23(15-19-3-7-21(26)8-4-19)31(17-32-24)16-20-5-9-22(10-6-20)33-25(27,28)29/h3-10,18,23H,11-17H2,1-2H3. The van der Waals surface area contributed by atoms with Crippen LogP contribution in [0.5, 0.6) is 5.75 Å². The van der Waals surface area contributed by atoms with Crippen LogP contribution < -0.4 is 4.74 Å². The Morgan fingerprint density at radius 3 is 2.18 bits per heavy atom. The Bertz CT molecular complexity index is 907. The van der Waals surface area contributed by atoms with Crippen LogP contribution in [0.15, 0.2) is 48.5 Å². The van der Waals surface area contributed by atoms with Crippen LogP contribution >= 0.6 is 0 Å². The van der Waals surface area contributed by atoms with Gasteiger partial charge in [-0.3, -0.25) is 4.90 Å². The molecule has 8 heteroatoms.